The summed E-state index contributed by atoms with van der Waals surface area (Å²) in [5, 5.41) is 5.94. The first-order valence-electron chi connectivity index (χ1n) is 13.1. The molecule has 1 aromatic carbocycles. The molecule has 9 heteroatoms. The van der Waals surface area contributed by atoms with Crippen LogP contribution in [0.25, 0.3) is 11.1 Å². The zero-order valence-electron chi connectivity index (χ0n) is 21.4. The van der Waals surface area contributed by atoms with Gasteiger partial charge in [0.2, 0.25) is 11.8 Å². The number of aromatic nitrogens is 1. The molecule has 1 aliphatic heterocycles. The lowest BCUT2D eigenvalue weighted by Crippen LogP contribution is -2.55. The molecule has 2 heterocycles. The van der Waals surface area contributed by atoms with Crippen LogP contribution in [-0.2, 0) is 15.8 Å². The molecule has 1 aliphatic carbocycles. The van der Waals surface area contributed by atoms with Gasteiger partial charge in [-0.1, -0.05) is 37.5 Å². The van der Waals surface area contributed by atoms with E-state index >= 15 is 0 Å². The Balaban J connectivity index is 1.62. The van der Waals surface area contributed by atoms with Gasteiger partial charge in [-0.25, -0.2) is 0 Å². The number of carbonyl (C=O) groups is 2. The molecule has 4 rings (SSSR count). The quantitative estimate of drug-likeness (QED) is 0.537. The Morgan fingerprint density at radius 3 is 2.49 bits per heavy atom. The molecule has 3 atom stereocenters. The van der Waals surface area contributed by atoms with Gasteiger partial charge in [-0.15, -0.1) is 0 Å². The third-order valence-electron chi connectivity index (χ3n) is 7.73. The average Bonchev–Trinajstić information content (AvgIpc) is 3.41. The zero-order chi connectivity index (χ0) is 26.6. The predicted molar refractivity (Wildman–Crippen MR) is 135 cm³/mol. The van der Waals surface area contributed by atoms with Gasteiger partial charge in [-0.2, -0.15) is 13.2 Å². The van der Waals surface area contributed by atoms with Crippen molar-refractivity contribution >= 4 is 11.8 Å². The van der Waals surface area contributed by atoms with E-state index in [-0.39, 0.29) is 29.3 Å². The third kappa shape index (κ3) is 6.14. The van der Waals surface area contributed by atoms with Crippen LogP contribution in [0.4, 0.5) is 13.2 Å². The first-order chi connectivity index (χ1) is 17.7. The molecule has 1 saturated heterocycles. The Kier molecular flexibility index (Phi) is 8.52. The molecule has 6 nitrogen and oxygen atoms in total. The molecule has 1 aromatic heterocycles. The lowest BCUT2D eigenvalue weighted by atomic mass is 9.83. The van der Waals surface area contributed by atoms with Crippen LogP contribution in [-0.4, -0.2) is 47.4 Å². The summed E-state index contributed by atoms with van der Waals surface area (Å²) in [6.45, 7) is 2.29. The fourth-order valence-electron chi connectivity index (χ4n) is 5.58. The van der Waals surface area contributed by atoms with Crippen molar-refractivity contribution < 1.29 is 22.8 Å². The zero-order valence-corrected chi connectivity index (χ0v) is 21.4. The second-order valence-corrected chi connectivity index (χ2v) is 10.1. The predicted octanol–water partition coefficient (Wildman–Crippen LogP) is 5.10. The normalized spacial score (nSPS) is 20.5. The van der Waals surface area contributed by atoms with E-state index in [1.165, 1.54) is 18.3 Å². The molecule has 0 bridgehead atoms. The van der Waals surface area contributed by atoms with Gasteiger partial charge in [-0.3, -0.25) is 14.6 Å². The Hall–Kier alpha value is -2.94. The lowest BCUT2D eigenvalue weighted by molar-refractivity contribution is -0.139. The molecule has 1 saturated carbocycles. The van der Waals surface area contributed by atoms with Crippen molar-refractivity contribution in [2.24, 2.45) is 5.92 Å². The van der Waals surface area contributed by atoms with Gasteiger partial charge in [0.15, 0.2) is 0 Å². The Bertz CT molecular complexity index is 1100. The van der Waals surface area contributed by atoms with E-state index < -0.39 is 23.8 Å². The number of halogens is 3. The van der Waals surface area contributed by atoms with Crippen LogP contribution in [0.2, 0.25) is 0 Å². The van der Waals surface area contributed by atoms with Crippen molar-refractivity contribution in [2.75, 3.05) is 13.6 Å². The highest BCUT2D eigenvalue weighted by Crippen LogP contribution is 2.39. The summed E-state index contributed by atoms with van der Waals surface area (Å²) in [6, 6.07) is 5.82. The van der Waals surface area contributed by atoms with Gasteiger partial charge >= 0.3 is 6.18 Å². The first kappa shape index (κ1) is 27.1. The smallest absolute Gasteiger partial charge is 0.343 e. The summed E-state index contributed by atoms with van der Waals surface area (Å²) in [7, 11) is 1.70. The second-order valence-electron chi connectivity index (χ2n) is 10.1. The topological polar surface area (TPSA) is 74.3 Å². The maximum Gasteiger partial charge on any atom is 0.417 e. The van der Waals surface area contributed by atoms with E-state index in [2.05, 4.69) is 15.6 Å². The van der Waals surface area contributed by atoms with Gasteiger partial charge in [0.05, 0.1) is 17.6 Å². The highest BCUT2D eigenvalue weighted by molar-refractivity contribution is 5.90. The van der Waals surface area contributed by atoms with Crippen LogP contribution in [0.1, 0.15) is 69.0 Å². The molecule has 2 fully saturated rings. The fourth-order valence-corrected chi connectivity index (χ4v) is 5.58. The van der Waals surface area contributed by atoms with Crippen molar-refractivity contribution in [1.29, 1.82) is 0 Å². The molecule has 0 spiro atoms. The molecule has 200 valence electrons. The molecule has 2 N–H and O–H groups in total. The minimum atomic E-state index is -4.49. The van der Waals surface area contributed by atoms with E-state index in [1.807, 2.05) is 0 Å². The van der Waals surface area contributed by atoms with Crippen LogP contribution >= 0.6 is 0 Å². The highest BCUT2D eigenvalue weighted by Gasteiger charge is 2.39. The summed E-state index contributed by atoms with van der Waals surface area (Å²) in [5.41, 5.74) is 0.419. The average molecular weight is 517 g/mol. The van der Waals surface area contributed by atoms with E-state index in [4.69, 9.17) is 0 Å². The standard InChI is InChI=1S/C28H35F3N4O2/c1-18(32-2)26(36)34-25(19-9-4-3-5-10-19)27(37)35-14-8-13-24(35)21-15-20(16-33-17-21)22-11-6-7-12-23(22)28(29,30)31/h6-7,11-12,15-19,24-25,32H,3-5,8-10,13-14H2,1-2H3,(H,34,36). The maximum absolute atomic E-state index is 13.9. The van der Waals surface area contributed by atoms with Crippen molar-refractivity contribution in [3.8, 4) is 11.1 Å². The Labute approximate surface area is 216 Å². The lowest BCUT2D eigenvalue weighted by Gasteiger charge is -2.35. The highest BCUT2D eigenvalue weighted by atomic mass is 19.4. The minimum absolute atomic E-state index is 0.0635. The monoisotopic (exact) mass is 516 g/mol. The van der Waals surface area contributed by atoms with Crippen molar-refractivity contribution in [3.05, 3.63) is 53.9 Å². The van der Waals surface area contributed by atoms with Crippen LogP contribution in [0.5, 0.6) is 0 Å². The summed E-state index contributed by atoms with van der Waals surface area (Å²) >= 11 is 0. The van der Waals surface area contributed by atoms with Crippen LogP contribution < -0.4 is 10.6 Å². The van der Waals surface area contributed by atoms with Gasteiger partial charge in [-0.05, 0) is 68.8 Å². The number of hydrogen-bond donors (Lipinski definition) is 2. The number of alkyl halides is 3. The molecule has 37 heavy (non-hydrogen) atoms. The van der Waals surface area contributed by atoms with Crippen molar-refractivity contribution in [3.63, 3.8) is 0 Å². The molecule has 2 aliphatic rings. The number of nitrogens with one attached hydrogen (secondary N) is 2. The van der Waals surface area contributed by atoms with Gasteiger partial charge in [0.25, 0.3) is 0 Å². The summed E-state index contributed by atoms with van der Waals surface area (Å²) in [4.78, 5) is 32.8. The largest absolute Gasteiger partial charge is 0.417 e. The number of rotatable bonds is 7. The van der Waals surface area contributed by atoms with Gasteiger partial charge < -0.3 is 15.5 Å². The van der Waals surface area contributed by atoms with Crippen LogP contribution in [0, 0.1) is 5.92 Å². The summed E-state index contributed by atoms with van der Waals surface area (Å²) < 4.78 is 40.9. The van der Waals surface area contributed by atoms with Gasteiger partial charge in [0.1, 0.15) is 6.04 Å². The minimum Gasteiger partial charge on any atom is -0.343 e. The number of carbonyl (C=O) groups excluding carboxylic acids is 2. The molecule has 2 aromatic rings. The molecular weight excluding hydrogens is 481 g/mol. The van der Waals surface area contributed by atoms with Crippen LogP contribution in [0.15, 0.2) is 42.7 Å². The second kappa shape index (κ2) is 11.6. The fraction of sp³-hybridized carbons (Fsp3) is 0.536. The number of likely N-dealkylation sites (tertiary alicyclic amines) is 1. The molecule has 3 unspecified atom stereocenters. The Morgan fingerprint density at radius 1 is 1.05 bits per heavy atom. The number of amides is 2. The van der Waals surface area contributed by atoms with E-state index in [0.717, 1.165) is 44.6 Å². The molecule has 2 amide bonds. The SMILES string of the molecule is CNC(C)C(=O)NC(C(=O)N1CCCC1c1cncc(-c2ccccc2C(F)(F)F)c1)C1CCCCC1. The summed E-state index contributed by atoms with van der Waals surface area (Å²) in [6.07, 6.45) is 4.99. The number of likely N-dealkylation sites (N-methyl/N-ethyl adjacent to an activating group) is 1. The van der Waals surface area contributed by atoms with Crippen molar-refractivity contribution in [1.82, 2.24) is 20.5 Å². The van der Waals surface area contributed by atoms with Crippen LogP contribution in [0.3, 0.4) is 0 Å². The number of hydrogen-bond acceptors (Lipinski definition) is 4. The van der Waals surface area contributed by atoms with E-state index in [0.29, 0.717) is 24.1 Å². The van der Waals surface area contributed by atoms with Crippen molar-refractivity contribution in [2.45, 2.75) is 76.2 Å². The third-order valence-corrected chi connectivity index (χ3v) is 7.73. The number of pyridine rings is 1. The Morgan fingerprint density at radius 2 is 1.78 bits per heavy atom. The van der Waals surface area contributed by atoms with E-state index in [1.54, 1.807) is 37.2 Å². The molecule has 0 radical (unpaired) electrons. The number of nitrogens with zero attached hydrogens (tertiary/aromatic N) is 2. The summed E-state index contributed by atoms with van der Waals surface area (Å²) in [5.74, 6) is -0.264. The molecular formula is C28H35F3N4O2. The number of benzene rings is 1. The first-order valence-corrected chi connectivity index (χ1v) is 13.1. The van der Waals surface area contributed by atoms with Gasteiger partial charge in [0, 0.05) is 24.5 Å². The van der Waals surface area contributed by atoms with E-state index in [9.17, 15) is 22.8 Å². The maximum atomic E-state index is 13.9.